The number of hydrogen-bond acceptors (Lipinski definition) is 3. The minimum atomic E-state index is -0.517. The number of hydrogen-bond donors (Lipinski definition) is 1. The van der Waals surface area contributed by atoms with Crippen molar-refractivity contribution >= 4 is 23.3 Å². The van der Waals surface area contributed by atoms with E-state index in [1.54, 1.807) is 6.07 Å². The monoisotopic (exact) mass is 237 g/mol. The molecule has 4 heteroatoms. The minimum Gasteiger partial charge on any atom is -0.465 e. The molecule has 2 N–H and O–H groups in total. The fourth-order valence-electron chi connectivity index (χ4n) is 1.42. The summed E-state index contributed by atoms with van der Waals surface area (Å²) < 4.78 is 4.62. The average molecular weight is 238 g/mol. The lowest BCUT2D eigenvalue weighted by Crippen LogP contribution is -2.07. The van der Waals surface area contributed by atoms with Crippen LogP contribution in [-0.2, 0) is 11.2 Å². The second-order valence-electron chi connectivity index (χ2n) is 3.18. The van der Waals surface area contributed by atoms with Gasteiger partial charge in [-0.25, -0.2) is 4.79 Å². The Morgan fingerprint density at radius 1 is 1.69 bits per heavy atom. The largest absolute Gasteiger partial charge is 0.465 e. The molecule has 84 valence electrons. The minimum absolute atomic E-state index is 0.170. The summed E-state index contributed by atoms with van der Waals surface area (Å²) in [6.45, 7) is 1.92. The van der Waals surface area contributed by atoms with Gasteiger partial charge in [0.1, 0.15) is 0 Å². The van der Waals surface area contributed by atoms with Crippen molar-refractivity contribution in [1.82, 2.24) is 0 Å². The van der Waals surface area contributed by atoms with Crippen LogP contribution in [0.25, 0.3) is 0 Å². The van der Waals surface area contributed by atoms with Gasteiger partial charge in [-0.1, -0.05) is 24.4 Å². The standard InChI is InChI=1S/C12H12ClNO2/c1-4-7-6-9(12(15)16-3)10(13)8(5-2)11(7)14/h2,6H,4,14H2,1,3H3. The Bertz CT molecular complexity index is 475. The van der Waals surface area contributed by atoms with Crippen molar-refractivity contribution in [2.75, 3.05) is 12.8 Å². The van der Waals surface area contributed by atoms with Crippen molar-refractivity contribution in [3.8, 4) is 12.3 Å². The van der Waals surface area contributed by atoms with Gasteiger partial charge in [-0.3, -0.25) is 0 Å². The molecule has 1 aromatic carbocycles. The number of esters is 1. The number of carbonyl (C=O) groups is 1. The topological polar surface area (TPSA) is 52.3 Å². The van der Waals surface area contributed by atoms with Crippen LogP contribution < -0.4 is 5.73 Å². The number of rotatable bonds is 2. The maximum absolute atomic E-state index is 11.5. The van der Waals surface area contributed by atoms with Crippen molar-refractivity contribution in [3.63, 3.8) is 0 Å². The van der Waals surface area contributed by atoms with Crippen molar-refractivity contribution in [2.24, 2.45) is 0 Å². The molecular weight excluding hydrogens is 226 g/mol. The predicted molar refractivity (Wildman–Crippen MR) is 64.5 cm³/mol. The lowest BCUT2D eigenvalue weighted by Gasteiger charge is -2.11. The predicted octanol–water partition coefficient (Wildman–Crippen LogP) is 2.25. The maximum Gasteiger partial charge on any atom is 0.339 e. The van der Waals surface area contributed by atoms with Crippen LogP contribution in [0.4, 0.5) is 5.69 Å². The van der Waals surface area contributed by atoms with Gasteiger partial charge in [0, 0.05) is 0 Å². The molecule has 0 atom stereocenters. The maximum atomic E-state index is 11.5. The fourth-order valence-corrected chi connectivity index (χ4v) is 1.71. The van der Waals surface area contributed by atoms with E-state index in [0.717, 1.165) is 5.56 Å². The first-order valence-electron chi connectivity index (χ1n) is 4.72. The first-order chi connectivity index (χ1) is 7.56. The molecule has 1 rings (SSSR count). The molecule has 0 saturated carbocycles. The van der Waals surface area contributed by atoms with Crippen molar-refractivity contribution < 1.29 is 9.53 Å². The highest BCUT2D eigenvalue weighted by Gasteiger charge is 2.18. The number of halogens is 1. The van der Waals surface area contributed by atoms with E-state index in [9.17, 15) is 4.79 Å². The van der Waals surface area contributed by atoms with Crippen LogP contribution in [0.15, 0.2) is 6.07 Å². The summed E-state index contributed by atoms with van der Waals surface area (Å²) >= 11 is 5.99. The average Bonchev–Trinajstić information content (AvgIpc) is 2.29. The SMILES string of the molecule is C#Cc1c(N)c(CC)cc(C(=O)OC)c1Cl. The second kappa shape index (κ2) is 4.91. The third-order valence-corrected chi connectivity index (χ3v) is 2.71. The number of nitrogen functional groups attached to an aromatic ring is 1. The second-order valence-corrected chi connectivity index (χ2v) is 3.55. The van der Waals surface area contributed by atoms with Crippen LogP contribution in [0.3, 0.4) is 0 Å². The molecule has 0 aliphatic rings. The Morgan fingerprint density at radius 3 is 2.75 bits per heavy atom. The fraction of sp³-hybridized carbons (Fsp3) is 0.250. The van der Waals surface area contributed by atoms with Gasteiger partial charge in [0.05, 0.1) is 28.9 Å². The summed E-state index contributed by atoms with van der Waals surface area (Å²) in [5, 5.41) is 0.170. The van der Waals surface area contributed by atoms with Crippen LogP contribution in [0, 0.1) is 12.3 Å². The highest BCUT2D eigenvalue weighted by molar-refractivity contribution is 6.35. The van der Waals surface area contributed by atoms with Gasteiger partial charge in [-0.05, 0) is 18.1 Å². The summed E-state index contributed by atoms with van der Waals surface area (Å²) in [5.41, 5.74) is 7.67. The van der Waals surface area contributed by atoms with E-state index >= 15 is 0 Å². The van der Waals surface area contributed by atoms with Gasteiger partial charge >= 0.3 is 5.97 Å². The smallest absolute Gasteiger partial charge is 0.339 e. The number of methoxy groups -OCH3 is 1. The number of carbonyl (C=O) groups excluding carboxylic acids is 1. The molecule has 0 spiro atoms. The van der Waals surface area contributed by atoms with Crippen molar-refractivity contribution in [3.05, 3.63) is 27.8 Å². The van der Waals surface area contributed by atoms with Crippen LogP contribution in [0.2, 0.25) is 5.02 Å². The Balaban J connectivity index is 3.54. The van der Waals surface area contributed by atoms with E-state index in [-0.39, 0.29) is 10.6 Å². The third-order valence-electron chi connectivity index (χ3n) is 2.32. The first kappa shape index (κ1) is 12.4. The quantitative estimate of drug-likeness (QED) is 0.488. The highest BCUT2D eigenvalue weighted by atomic mass is 35.5. The van der Waals surface area contributed by atoms with Gasteiger partial charge in [-0.15, -0.1) is 6.42 Å². The van der Waals surface area contributed by atoms with E-state index < -0.39 is 5.97 Å². The molecule has 0 heterocycles. The molecule has 1 aromatic rings. The molecule has 0 bridgehead atoms. The number of terminal acetylenes is 1. The number of aryl methyl sites for hydroxylation is 1. The molecule has 0 radical (unpaired) electrons. The van der Waals surface area contributed by atoms with E-state index in [0.29, 0.717) is 17.7 Å². The molecule has 16 heavy (non-hydrogen) atoms. The summed E-state index contributed by atoms with van der Waals surface area (Å²) in [5.74, 6) is 1.88. The molecule has 0 unspecified atom stereocenters. The Hall–Kier alpha value is -1.66. The zero-order valence-corrected chi connectivity index (χ0v) is 9.89. The van der Waals surface area contributed by atoms with Gasteiger partial charge in [0.15, 0.2) is 0 Å². The first-order valence-corrected chi connectivity index (χ1v) is 5.10. The summed E-state index contributed by atoms with van der Waals surface area (Å²) in [4.78, 5) is 11.5. The molecule has 0 fully saturated rings. The molecule has 0 aromatic heterocycles. The summed E-state index contributed by atoms with van der Waals surface area (Å²) in [6.07, 6.45) is 5.99. The van der Waals surface area contributed by atoms with Crippen LogP contribution in [-0.4, -0.2) is 13.1 Å². The van der Waals surface area contributed by atoms with E-state index in [1.807, 2.05) is 6.92 Å². The van der Waals surface area contributed by atoms with E-state index in [2.05, 4.69) is 10.7 Å². The highest BCUT2D eigenvalue weighted by Crippen LogP contribution is 2.30. The molecule has 0 aliphatic heterocycles. The zero-order valence-electron chi connectivity index (χ0n) is 9.13. The van der Waals surface area contributed by atoms with Crippen molar-refractivity contribution in [1.29, 1.82) is 0 Å². The normalized spacial score (nSPS) is 9.62. The Morgan fingerprint density at radius 2 is 2.31 bits per heavy atom. The molecule has 0 amide bonds. The number of ether oxygens (including phenoxy) is 1. The zero-order chi connectivity index (χ0) is 12.3. The van der Waals surface area contributed by atoms with E-state index in [1.165, 1.54) is 7.11 Å². The van der Waals surface area contributed by atoms with Crippen LogP contribution >= 0.6 is 11.6 Å². The summed E-state index contributed by atoms with van der Waals surface area (Å²) in [7, 11) is 1.29. The van der Waals surface area contributed by atoms with Gasteiger partial charge < -0.3 is 10.5 Å². The number of anilines is 1. The van der Waals surface area contributed by atoms with Crippen LogP contribution in [0.1, 0.15) is 28.4 Å². The Kier molecular flexibility index (Phi) is 3.81. The van der Waals surface area contributed by atoms with Crippen molar-refractivity contribution in [2.45, 2.75) is 13.3 Å². The molecule has 0 aliphatic carbocycles. The Labute approximate surface area is 99.5 Å². The van der Waals surface area contributed by atoms with Crippen LogP contribution in [0.5, 0.6) is 0 Å². The molecule has 0 saturated heterocycles. The number of benzene rings is 1. The lowest BCUT2D eigenvalue weighted by atomic mass is 10.0. The van der Waals surface area contributed by atoms with E-state index in [4.69, 9.17) is 23.8 Å². The lowest BCUT2D eigenvalue weighted by molar-refractivity contribution is 0.0601. The van der Waals surface area contributed by atoms with Gasteiger partial charge in [0.25, 0.3) is 0 Å². The number of nitrogens with two attached hydrogens (primary N) is 1. The third kappa shape index (κ3) is 1.98. The van der Waals surface area contributed by atoms with Gasteiger partial charge in [0.2, 0.25) is 0 Å². The molecular formula is C12H12ClNO2. The summed E-state index contributed by atoms with van der Waals surface area (Å²) in [6, 6.07) is 1.62. The molecule has 3 nitrogen and oxygen atoms in total. The van der Waals surface area contributed by atoms with Gasteiger partial charge in [-0.2, -0.15) is 0 Å².